The Bertz CT molecular complexity index is 1900. The Morgan fingerprint density at radius 2 is 1.44 bits per heavy atom. The lowest BCUT2D eigenvalue weighted by molar-refractivity contribution is -0.135. The van der Waals surface area contributed by atoms with Crippen molar-refractivity contribution in [3.05, 3.63) is 33.4 Å². The van der Waals surface area contributed by atoms with Gasteiger partial charge in [-0.25, -0.2) is 9.97 Å². The molecule has 0 fully saturated rings. The Balaban J connectivity index is 1.47. The van der Waals surface area contributed by atoms with Gasteiger partial charge in [-0.3, -0.25) is 28.7 Å². The minimum absolute atomic E-state index is 0.00265. The van der Waals surface area contributed by atoms with Crippen LogP contribution in [0.15, 0.2) is 22.2 Å². The quantitative estimate of drug-likeness (QED) is 0.0425. The van der Waals surface area contributed by atoms with Gasteiger partial charge in [-0.15, -0.1) is 4.52 Å². The highest BCUT2D eigenvalue weighted by Gasteiger charge is 2.34. The van der Waals surface area contributed by atoms with Crippen molar-refractivity contribution in [3.63, 3.8) is 0 Å². The number of thiol groups is 1. The average molecular weight is 756 g/mol. The molecule has 0 aliphatic heterocycles. The highest BCUT2D eigenvalue weighted by atomic mass is 32.7. The third-order valence-corrected chi connectivity index (χ3v) is 8.98. The number of hydrogen-bond donors (Lipinski definition) is 9. The number of anilines is 2. The maximum atomic E-state index is 12.2. The van der Waals surface area contributed by atoms with E-state index in [9.17, 15) is 34.4 Å². The summed E-state index contributed by atoms with van der Waals surface area (Å²) < 4.78 is 42.0. The molecule has 4 unspecified atom stereocenters. The molecule has 0 saturated heterocycles. The smallest absolute Gasteiger partial charge is 0.392 e. The molecule has 8 atom stereocenters. The van der Waals surface area contributed by atoms with Crippen molar-refractivity contribution in [2.45, 2.75) is 50.7 Å². The number of rotatable bonds is 18. The monoisotopic (exact) mass is 755 g/mol. The van der Waals surface area contributed by atoms with Gasteiger partial charge in [-0.1, -0.05) is 0 Å². The van der Waals surface area contributed by atoms with Gasteiger partial charge in [0, 0.05) is 0 Å². The number of imidazole rings is 2. The van der Waals surface area contributed by atoms with E-state index in [2.05, 4.69) is 42.2 Å². The molecule has 0 aliphatic rings. The molecule has 4 aromatic rings. The number of aromatic amines is 2. The van der Waals surface area contributed by atoms with E-state index in [0.29, 0.717) is 0 Å². The van der Waals surface area contributed by atoms with Gasteiger partial charge in [0.25, 0.3) is 11.1 Å². The van der Waals surface area contributed by atoms with Crippen LogP contribution in [0.4, 0.5) is 11.9 Å². The summed E-state index contributed by atoms with van der Waals surface area (Å²) in [4.78, 5) is 55.9. The van der Waals surface area contributed by atoms with Gasteiger partial charge in [0.15, 0.2) is 34.8 Å². The number of hydrogen-bond acceptors (Lipinski definition) is 18. The maximum Gasteiger partial charge on any atom is 0.582 e. The predicted octanol–water partition coefficient (Wildman–Crippen LogP) is -1.21. The van der Waals surface area contributed by atoms with Crippen LogP contribution in [0.1, 0.15) is 26.3 Å². The Labute approximate surface area is 280 Å². The normalized spacial score (nSPS) is 17.5. The van der Waals surface area contributed by atoms with Crippen LogP contribution in [0.25, 0.3) is 22.3 Å². The van der Waals surface area contributed by atoms with Crippen LogP contribution >= 0.6 is 26.2 Å². The van der Waals surface area contributed by atoms with Crippen molar-refractivity contribution in [1.29, 1.82) is 0 Å². The molecule has 4 aromatic heterocycles. The summed E-state index contributed by atoms with van der Waals surface area (Å²) >= 11 is 8.89. The van der Waals surface area contributed by atoms with Gasteiger partial charge in [-0.05, 0) is 30.2 Å². The lowest BCUT2D eigenvalue weighted by atomic mass is 10.2. The van der Waals surface area contributed by atoms with Crippen molar-refractivity contribution in [2.75, 3.05) is 37.9 Å². The maximum absolute atomic E-state index is 12.2. The number of nitrogens with two attached hydrogens (primary N) is 2. The highest BCUT2D eigenvalue weighted by molar-refractivity contribution is 8.39. The Kier molecular flexibility index (Phi) is 12.7. The number of aliphatic hydroxyl groups excluding tert-OH is 3. The second kappa shape index (κ2) is 16.2. The fraction of sp³-hybridized carbons (Fsp3) is 0.545. The van der Waals surface area contributed by atoms with Gasteiger partial charge in [-0.2, -0.15) is 9.97 Å². The van der Waals surface area contributed by atoms with Crippen LogP contribution in [-0.4, -0.2) is 110 Å². The van der Waals surface area contributed by atoms with E-state index >= 15 is 0 Å². The molecular formula is C22H33N10O12P2S2+. The number of nitrogen functional groups attached to an aromatic ring is 2. The highest BCUT2D eigenvalue weighted by Crippen LogP contribution is 2.46. The molecule has 22 nitrogen and oxygen atoms in total. The fourth-order valence-corrected chi connectivity index (χ4v) is 6.31. The van der Waals surface area contributed by atoms with Crippen molar-refractivity contribution < 1.29 is 47.8 Å². The Morgan fingerprint density at radius 3 is 1.88 bits per heavy atom. The van der Waals surface area contributed by atoms with Crippen LogP contribution in [0.2, 0.25) is 0 Å². The lowest BCUT2D eigenvalue weighted by Gasteiger charge is -2.31. The molecule has 4 rings (SSSR count). The SMILES string of the molecule is C[C@@H](O)[C@@H](COP(O)(=S)O[C@H](C)[C@@H](CO[P+](=O)S)OC(CO)n1cnc2c(=O)[nH]c(N)nc21)OC(CO)n1cnc2c(=O)[nH]c(N)nc21. The fourth-order valence-electron chi connectivity index (χ4n) is 4.30. The first kappa shape index (κ1) is 37.9. The van der Waals surface area contributed by atoms with E-state index < -0.39 is 88.4 Å². The summed E-state index contributed by atoms with van der Waals surface area (Å²) in [5, 5.41) is 30.6. The number of ether oxygens (including phenoxy) is 2. The number of nitrogens with zero attached hydrogens (tertiary/aromatic N) is 6. The molecular weight excluding hydrogens is 722 g/mol. The zero-order valence-corrected chi connectivity index (χ0v) is 28.6. The van der Waals surface area contributed by atoms with E-state index in [1.807, 2.05) is 0 Å². The summed E-state index contributed by atoms with van der Waals surface area (Å²) in [6.07, 6.45) is -4.99. The van der Waals surface area contributed by atoms with Gasteiger partial charge in [0.1, 0.15) is 31.1 Å². The minimum atomic E-state index is -4.17. The largest absolute Gasteiger partial charge is 0.582 e. The lowest BCUT2D eigenvalue weighted by Crippen LogP contribution is -2.37. The third kappa shape index (κ3) is 9.18. The number of aliphatic hydroxyl groups is 3. The second-order valence-electron chi connectivity index (χ2n) is 10.0. The molecule has 26 heteroatoms. The molecule has 264 valence electrons. The van der Waals surface area contributed by atoms with E-state index in [4.69, 9.17) is 46.3 Å². The van der Waals surface area contributed by atoms with Crippen molar-refractivity contribution in [1.82, 2.24) is 39.0 Å². The van der Waals surface area contributed by atoms with Crippen LogP contribution in [0.5, 0.6) is 0 Å². The van der Waals surface area contributed by atoms with Gasteiger partial charge >= 0.3 is 13.9 Å². The second-order valence-corrected chi connectivity index (χ2v) is 14.5. The van der Waals surface area contributed by atoms with Crippen LogP contribution < -0.4 is 22.6 Å². The first-order valence-corrected chi connectivity index (χ1v) is 18.7. The first-order valence-electron chi connectivity index (χ1n) is 13.7. The zero-order chi connectivity index (χ0) is 35.3. The standard InChI is InChI=1S/C22H32N10O12P2S2/c1-9(35)11(42-13(3-33)31-7-25-15-17(31)27-21(23)29-19(15)36)6-41-46(39,48)44-10(2)12(5-40-45(38)47)43-14(4-34)32-8-26-16-18(32)28-22(24)30-20(16)37/h7-14,33-35H,3-6H2,1-2H3,(H7-,23,24,27,28,29,30,36,37,38,39,47,48)/p+1/t9-,10-,11-,12-,13?,14?,46?/m1/s1. The van der Waals surface area contributed by atoms with E-state index in [0.717, 1.165) is 0 Å². The zero-order valence-electron chi connectivity index (χ0n) is 25.1. The van der Waals surface area contributed by atoms with E-state index in [1.54, 1.807) is 0 Å². The number of fused-ring (bicyclic) bond motifs is 2. The summed E-state index contributed by atoms with van der Waals surface area (Å²) in [5.74, 6) is -0.421. The van der Waals surface area contributed by atoms with Crippen molar-refractivity contribution >= 4 is 72.2 Å². The van der Waals surface area contributed by atoms with Gasteiger partial charge in [0.2, 0.25) is 11.9 Å². The number of nitrogens with one attached hydrogen (secondary N) is 2. The summed E-state index contributed by atoms with van der Waals surface area (Å²) in [7, 11) is -2.43. The molecule has 0 bridgehead atoms. The minimum Gasteiger partial charge on any atom is -0.392 e. The number of H-pyrrole nitrogens is 2. The molecule has 0 aliphatic carbocycles. The number of aromatic nitrogens is 8. The summed E-state index contributed by atoms with van der Waals surface area (Å²) in [6, 6.07) is 0. The molecule has 0 amide bonds. The predicted molar refractivity (Wildman–Crippen MR) is 174 cm³/mol. The molecule has 0 saturated carbocycles. The van der Waals surface area contributed by atoms with Crippen LogP contribution in [0, 0.1) is 0 Å². The molecule has 10 N–H and O–H groups in total. The van der Waals surface area contributed by atoms with Crippen molar-refractivity contribution in [3.8, 4) is 0 Å². The Morgan fingerprint density at radius 1 is 0.958 bits per heavy atom. The average Bonchev–Trinajstić information content (AvgIpc) is 3.62. The molecule has 0 aromatic carbocycles. The third-order valence-electron chi connectivity index (χ3n) is 6.61. The van der Waals surface area contributed by atoms with Gasteiger partial charge in [0.05, 0.1) is 44.7 Å². The van der Waals surface area contributed by atoms with Crippen LogP contribution in [-0.2, 0) is 39.4 Å². The van der Waals surface area contributed by atoms with Crippen LogP contribution in [0.3, 0.4) is 0 Å². The van der Waals surface area contributed by atoms with Gasteiger partial charge < -0.3 is 50.2 Å². The molecule has 4 heterocycles. The van der Waals surface area contributed by atoms with E-state index in [-0.39, 0.29) is 34.2 Å². The summed E-state index contributed by atoms with van der Waals surface area (Å²) in [6.45, 7) is -3.73. The molecule has 0 spiro atoms. The summed E-state index contributed by atoms with van der Waals surface area (Å²) in [5.41, 5.74) is 9.85. The molecule has 0 radical (unpaired) electrons. The van der Waals surface area contributed by atoms with Crippen molar-refractivity contribution in [2.24, 2.45) is 0 Å². The molecule has 48 heavy (non-hydrogen) atoms. The topological polar surface area (TPSA) is 323 Å². The first-order chi connectivity index (χ1) is 22.6. The Hall–Kier alpha value is -2.96. The van der Waals surface area contributed by atoms with E-state index in [1.165, 1.54) is 35.6 Å².